The minimum Gasteiger partial charge on any atom is -0.316 e. The summed E-state index contributed by atoms with van der Waals surface area (Å²) in [4.78, 5) is 0. The molecule has 108 valence electrons. The van der Waals surface area contributed by atoms with Crippen LogP contribution in [0, 0.1) is 17.3 Å². The highest BCUT2D eigenvalue weighted by Gasteiger charge is 2.32. The first kappa shape index (κ1) is 15.1. The van der Waals surface area contributed by atoms with E-state index in [0.717, 1.165) is 11.8 Å². The van der Waals surface area contributed by atoms with E-state index in [1.807, 2.05) is 11.3 Å². The summed E-state index contributed by atoms with van der Waals surface area (Å²) in [6.07, 6.45) is 6.83. The molecular formula is C17H29NS. The molecule has 0 aromatic carbocycles. The highest BCUT2D eigenvalue weighted by Crippen LogP contribution is 2.41. The minimum absolute atomic E-state index is 0.494. The first-order valence-corrected chi connectivity index (χ1v) is 8.63. The normalized spacial score (nSPS) is 26.3. The summed E-state index contributed by atoms with van der Waals surface area (Å²) in [6.45, 7) is 7.21. The first-order valence-electron chi connectivity index (χ1n) is 7.69. The molecule has 1 aliphatic carbocycles. The van der Waals surface area contributed by atoms with Gasteiger partial charge < -0.3 is 5.32 Å². The predicted molar refractivity (Wildman–Crippen MR) is 85.8 cm³/mol. The maximum absolute atomic E-state index is 3.57. The molecule has 0 bridgehead atoms. The van der Waals surface area contributed by atoms with Gasteiger partial charge in [0.05, 0.1) is 0 Å². The quantitative estimate of drug-likeness (QED) is 0.840. The molecule has 1 aliphatic rings. The van der Waals surface area contributed by atoms with Crippen LogP contribution < -0.4 is 5.32 Å². The lowest BCUT2D eigenvalue weighted by atomic mass is 9.68. The van der Waals surface area contributed by atoms with Gasteiger partial charge in [0, 0.05) is 6.04 Å². The van der Waals surface area contributed by atoms with Gasteiger partial charge in [-0.3, -0.25) is 0 Å². The summed E-state index contributed by atoms with van der Waals surface area (Å²) in [6, 6.07) is 2.94. The Labute approximate surface area is 122 Å². The molecule has 0 saturated heterocycles. The Bertz CT molecular complexity index is 355. The highest BCUT2D eigenvalue weighted by atomic mass is 32.1. The molecule has 0 spiro atoms. The van der Waals surface area contributed by atoms with Crippen LogP contribution >= 0.6 is 11.3 Å². The lowest BCUT2D eigenvalue weighted by Gasteiger charge is -2.39. The van der Waals surface area contributed by atoms with Crippen LogP contribution in [0.5, 0.6) is 0 Å². The summed E-state index contributed by atoms with van der Waals surface area (Å²) >= 11 is 1.81. The molecule has 1 unspecified atom stereocenters. The second-order valence-corrected chi connectivity index (χ2v) is 7.99. The molecule has 1 N–H and O–H groups in total. The topological polar surface area (TPSA) is 12.0 Å². The molecule has 1 fully saturated rings. The maximum Gasteiger partial charge on any atom is 0.0133 e. The largest absolute Gasteiger partial charge is 0.316 e. The number of thiophene rings is 1. The van der Waals surface area contributed by atoms with Crippen molar-refractivity contribution in [3.8, 4) is 0 Å². The van der Waals surface area contributed by atoms with E-state index in [1.165, 1.54) is 37.7 Å². The van der Waals surface area contributed by atoms with Crippen LogP contribution in [0.25, 0.3) is 0 Å². The minimum atomic E-state index is 0.494. The summed E-state index contributed by atoms with van der Waals surface area (Å²) < 4.78 is 0. The first-order chi connectivity index (χ1) is 9.00. The third-order valence-corrected chi connectivity index (χ3v) is 5.70. The van der Waals surface area contributed by atoms with Gasteiger partial charge in [0.2, 0.25) is 0 Å². The van der Waals surface area contributed by atoms with Gasteiger partial charge in [0.25, 0.3) is 0 Å². The number of likely N-dealkylation sites (N-methyl/N-ethyl adjacent to an activating group) is 1. The van der Waals surface area contributed by atoms with Crippen LogP contribution in [0.15, 0.2) is 16.8 Å². The molecule has 1 nitrogen and oxygen atoms in total. The van der Waals surface area contributed by atoms with Gasteiger partial charge in [-0.1, -0.05) is 20.8 Å². The van der Waals surface area contributed by atoms with Gasteiger partial charge in [-0.2, -0.15) is 11.3 Å². The fourth-order valence-corrected chi connectivity index (χ4v) is 4.24. The number of hydrogen-bond donors (Lipinski definition) is 1. The summed E-state index contributed by atoms with van der Waals surface area (Å²) in [7, 11) is 2.13. The van der Waals surface area contributed by atoms with Crippen molar-refractivity contribution in [2.75, 3.05) is 7.05 Å². The van der Waals surface area contributed by atoms with Crippen LogP contribution in [-0.2, 0) is 6.42 Å². The number of nitrogens with one attached hydrogen (secondary N) is 1. The van der Waals surface area contributed by atoms with E-state index in [-0.39, 0.29) is 0 Å². The highest BCUT2D eigenvalue weighted by molar-refractivity contribution is 7.07. The Kier molecular flexibility index (Phi) is 5.08. The van der Waals surface area contributed by atoms with E-state index in [2.05, 4.69) is 50.0 Å². The third-order valence-electron chi connectivity index (χ3n) is 4.97. The Morgan fingerprint density at radius 2 is 1.95 bits per heavy atom. The fraction of sp³-hybridized carbons (Fsp3) is 0.765. The standard InChI is InChI=1S/C17H29NS/c1-17(2,3)15-7-5-14(6-8-15)16(18-4)11-13-9-10-19-12-13/h9-10,12,14-16,18H,5-8,11H2,1-4H3. The molecule has 1 aromatic rings. The zero-order valence-corrected chi connectivity index (χ0v) is 13.7. The third kappa shape index (κ3) is 4.06. The van der Waals surface area contributed by atoms with Gasteiger partial charge in [0.1, 0.15) is 0 Å². The van der Waals surface area contributed by atoms with E-state index in [4.69, 9.17) is 0 Å². The van der Waals surface area contributed by atoms with Crippen molar-refractivity contribution in [3.63, 3.8) is 0 Å². The number of rotatable bonds is 4. The molecule has 1 saturated carbocycles. The Morgan fingerprint density at radius 1 is 1.26 bits per heavy atom. The van der Waals surface area contributed by atoms with Gasteiger partial charge in [-0.15, -0.1) is 0 Å². The van der Waals surface area contributed by atoms with E-state index < -0.39 is 0 Å². The molecule has 2 rings (SSSR count). The van der Waals surface area contributed by atoms with Crippen molar-refractivity contribution >= 4 is 11.3 Å². The predicted octanol–water partition coefficient (Wildman–Crippen LogP) is 4.73. The second-order valence-electron chi connectivity index (χ2n) is 7.21. The molecule has 0 amide bonds. The van der Waals surface area contributed by atoms with Crippen molar-refractivity contribution in [1.29, 1.82) is 0 Å². The summed E-state index contributed by atoms with van der Waals surface area (Å²) in [5.41, 5.74) is 2.00. The molecule has 0 radical (unpaired) electrons. The van der Waals surface area contributed by atoms with Crippen LogP contribution in [0.1, 0.15) is 52.0 Å². The Balaban J connectivity index is 1.88. The van der Waals surface area contributed by atoms with E-state index in [0.29, 0.717) is 11.5 Å². The monoisotopic (exact) mass is 279 g/mol. The zero-order valence-electron chi connectivity index (χ0n) is 12.9. The van der Waals surface area contributed by atoms with Crippen molar-refractivity contribution < 1.29 is 0 Å². The van der Waals surface area contributed by atoms with Crippen molar-refractivity contribution in [2.24, 2.45) is 17.3 Å². The Morgan fingerprint density at radius 3 is 2.42 bits per heavy atom. The van der Waals surface area contributed by atoms with Gasteiger partial charge >= 0.3 is 0 Å². The van der Waals surface area contributed by atoms with Gasteiger partial charge in [-0.25, -0.2) is 0 Å². The van der Waals surface area contributed by atoms with E-state index in [1.54, 1.807) is 0 Å². The average Bonchev–Trinajstić information content (AvgIpc) is 2.88. The van der Waals surface area contributed by atoms with Crippen LogP contribution in [-0.4, -0.2) is 13.1 Å². The Hall–Kier alpha value is -0.340. The smallest absolute Gasteiger partial charge is 0.0133 e. The fourth-order valence-electron chi connectivity index (χ4n) is 3.55. The van der Waals surface area contributed by atoms with Crippen molar-refractivity contribution in [1.82, 2.24) is 5.32 Å². The average molecular weight is 279 g/mol. The van der Waals surface area contributed by atoms with E-state index in [9.17, 15) is 0 Å². The second kappa shape index (κ2) is 6.41. The van der Waals surface area contributed by atoms with Crippen LogP contribution in [0.2, 0.25) is 0 Å². The maximum atomic E-state index is 3.57. The lowest BCUT2D eigenvalue weighted by Crippen LogP contribution is -2.39. The molecule has 19 heavy (non-hydrogen) atoms. The van der Waals surface area contributed by atoms with Gasteiger partial charge in [0.15, 0.2) is 0 Å². The molecule has 2 heteroatoms. The van der Waals surface area contributed by atoms with Crippen molar-refractivity contribution in [2.45, 2.75) is 58.9 Å². The molecule has 1 atom stereocenters. The molecule has 1 heterocycles. The summed E-state index contributed by atoms with van der Waals surface area (Å²) in [5, 5.41) is 8.06. The molecular weight excluding hydrogens is 250 g/mol. The molecule has 1 aromatic heterocycles. The van der Waals surface area contributed by atoms with Crippen molar-refractivity contribution in [3.05, 3.63) is 22.4 Å². The lowest BCUT2D eigenvalue weighted by molar-refractivity contribution is 0.134. The molecule has 0 aliphatic heterocycles. The summed E-state index contributed by atoms with van der Waals surface area (Å²) in [5.74, 6) is 1.78. The van der Waals surface area contributed by atoms with Gasteiger partial charge in [-0.05, 0) is 78.8 Å². The number of hydrogen-bond acceptors (Lipinski definition) is 2. The zero-order chi connectivity index (χ0) is 13.9. The van der Waals surface area contributed by atoms with Crippen LogP contribution in [0.3, 0.4) is 0 Å². The van der Waals surface area contributed by atoms with Crippen LogP contribution in [0.4, 0.5) is 0 Å². The SMILES string of the molecule is CNC(Cc1ccsc1)C1CCC(C(C)(C)C)CC1. The van der Waals surface area contributed by atoms with E-state index >= 15 is 0 Å².